The van der Waals surface area contributed by atoms with Crippen LogP contribution in [0, 0.1) is 0 Å². The first-order valence-electron chi connectivity index (χ1n) is 10.2. The SMILES string of the molecule is CC(C)(O)CN(Cc1cccc(C(F)(F)F)c1)C1CCN(C(=O)OC(C)(C)C)CC1. The van der Waals surface area contributed by atoms with E-state index >= 15 is 0 Å². The van der Waals surface area contributed by atoms with Crippen molar-refractivity contribution in [2.45, 2.75) is 77.4 Å². The fourth-order valence-electron chi connectivity index (χ4n) is 3.63. The lowest BCUT2D eigenvalue weighted by atomic mass is 9.99. The molecule has 1 amide bonds. The monoisotopic (exact) mass is 430 g/mol. The van der Waals surface area contributed by atoms with Crippen molar-refractivity contribution in [2.24, 2.45) is 0 Å². The number of hydrogen-bond acceptors (Lipinski definition) is 4. The zero-order valence-corrected chi connectivity index (χ0v) is 18.4. The van der Waals surface area contributed by atoms with E-state index in [1.54, 1.807) is 24.8 Å². The zero-order chi connectivity index (χ0) is 22.7. The number of rotatable bonds is 5. The topological polar surface area (TPSA) is 53.0 Å². The van der Waals surface area contributed by atoms with E-state index in [-0.39, 0.29) is 12.1 Å². The van der Waals surface area contributed by atoms with Gasteiger partial charge in [0.25, 0.3) is 0 Å². The van der Waals surface area contributed by atoms with Crippen molar-refractivity contribution in [3.05, 3.63) is 35.4 Å². The van der Waals surface area contributed by atoms with Gasteiger partial charge in [0.2, 0.25) is 0 Å². The highest BCUT2D eigenvalue weighted by molar-refractivity contribution is 5.68. The molecule has 0 saturated carbocycles. The van der Waals surface area contributed by atoms with E-state index in [1.165, 1.54) is 6.07 Å². The summed E-state index contributed by atoms with van der Waals surface area (Å²) in [5, 5.41) is 10.3. The lowest BCUT2D eigenvalue weighted by molar-refractivity contribution is -0.137. The number of aliphatic hydroxyl groups is 1. The highest BCUT2D eigenvalue weighted by Gasteiger charge is 2.33. The molecule has 0 bridgehead atoms. The molecule has 1 saturated heterocycles. The van der Waals surface area contributed by atoms with E-state index in [9.17, 15) is 23.1 Å². The molecule has 1 aromatic rings. The number of hydrogen-bond donors (Lipinski definition) is 1. The fourth-order valence-corrected chi connectivity index (χ4v) is 3.63. The molecule has 1 fully saturated rings. The first kappa shape index (κ1) is 24.5. The Morgan fingerprint density at radius 2 is 1.77 bits per heavy atom. The lowest BCUT2D eigenvalue weighted by Gasteiger charge is -2.41. The summed E-state index contributed by atoms with van der Waals surface area (Å²) in [7, 11) is 0. The molecule has 2 rings (SSSR count). The van der Waals surface area contributed by atoms with Crippen molar-refractivity contribution in [3.63, 3.8) is 0 Å². The maximum Gasteiger partial charge on any atom is 0.416 e. The van der Waals surface area contributed by atoms with Crippen LogP contribution in [0.3, 0.4) is 0 Å². The van der Waals surface area contributed by atoms with Gasteiger partial charge in [-0.15, -0.1) is 0 Å². The van der Waals surface area contributed by atoms with Crippen molar-refractivity contribution < 1.29 is 27.8 Å². The molecule has 0 unspecified atom stereocenters. The summed E-state index contributed by atoms with van der Waals surface area (Å²) >= 11 is 0. The van der Waals surface area contributed by atoms with E-state index in [2.05, 4.69) is 0 Å². The highest BCUT2D eigenvalue weighted by atomic mass is 19.4. The lowest BCUT2D eigenvalue weighted by Crippen LogP contribution is -2.50. The summed E-state index contributed by atoms with van der Waals surface area (Å²) in [6.45, 7) is 10.4. The number of carbonyl (C=O) groups excluding carboxylic acids is 1. The van der Waals surface area contributed by atoms with Crippen LogP contribution in [-0.4, -0.2) is 57.9 Å². The quantitative estimate of drug-likeness (QED) is 0.737. The summed E-state index contributed by atoms with van der Waals surface area (Å²) in [5.41, 5.74) is -1.69. The van der Waals surface area contributed by atoms with Gasteiger partial charge in [-0.1, -0.05) is 18.2 Å². The van der Waals surface area contributed by atoms with Crippen LogP contribution in [0.4, 0.5) is 18.0 Å². The van der Waals surface area contributed by atoms with E-state index in [0.29, 0.717) is 44.6 Å². The maximum atomic E-state index is 13.1. The second-order valence-corrected chi connectivity index (χ2v) is 9.61. The van der Waals surface area contributed by atoms with Crippen LogP contribution in [0.2, 0.25) is 0 Å². The van der Waals surface area contributed by atoms with Gasteiger partial charge in [0, 0.05) is 32.2 Å². The number of amides is 1. The maximum absolute atomic E-state index is 13.1. The summed E-state index contributed by atoms with van der Waals surface area (Å²) in [6, 6.07) is 5.34. The second kappa shape index (κ2) is 9.14. The highest BCUT2D eigenvalue weighted by Crippen LogP contribution is 2.30. The molecular weight excluding hydrogens is 397 g/mol. The zero-order valence-electron chi connectivity index (χ0n) is 18.4. The predicted octanol–water partition coefficient (Wildman–Crippen LogP) is 4.68. The Balaban J connectivity index is 2.09. The Labute approximate surface area is 176 Å². The van der Waals surface area contributed by atoms with Crippen LogP contribution in [0.5, 0.6) is 0 Å². The van der Waals surface area contributed by atoms with Crippen LogP contribution < -0.4 is 0 Å². The number of alkyl halides is 3. The van der Waals surface area contributed by atoms with Gasteiger partial charge >= 0.3 is 12.3 Å². The summed E-state index contributed by atoms with van der Waals surface area (Å²) in [4.78, 5) is 16.0. The molecule has 1 N–H and O–H groups in total. The molecule has 1 aliphatic rings. The molecule has 0 radical (unpaired) electrons. The number of nitrogens with zero attached hydrogens (tertiary/aromatic N) is 2. The van der Waals surface area contributed by atoms with Crippen LogP contribution in [0.25, 0.3) is 0 Å². The Hall–Kier alpha value is -1.80. The molecule has 0 aliphatic carbocycles. The Morgan fingerprint density at radius 1 is 1.17 bits per heavy atom. The van der Waals surface area contributed by atoms with Gasteiger partial charge in [-0.2, -0.15) is 13.2 Å². The van der Waals surface area contributed by atoms with Crippen molar-refractivity contribution in [3.8, 4) is 0 Å². The number of piperidine rings is 1. The minimum atomic E-state index is -4.39. The Morgan fingerprint density at radius 3 is 2.27 bits per heavy atom. The molecule has 170 valence electrons. The van der Waals surface area contributed by atoms with Crippen molar-refractivity contribution in [1.29, 1.82) is 0 Å². The smallest absolute Gasteiger partial charge is 0.416 e. The minimum Gasteiger partial charge on any atom is -0.444 e. The summed E-state index contributed by atoms with van der Waals surface area (Å²) in [5.74, 6) is 0. The molecular formula is C22H33F3N2O3. The van der Waals surface area contributed by atoms with E-state index < -0.39 is 22.9 Å². The second-order valence-electron chi connectivity index (χ2n) is 9.61. The number of likely N-dealkylation sites (tertiary alicyclic amines) is 1. The van der Waals surface area contributed by atoms with Crippen molar-refractivity contribution in [1.82, 2.24) is 9.80 Å². The molecule has 0 spiro atoms. The first-order chi connectivity index (χ1) is 13.6. The van der Waals surface area contributed by atoms with Crippen LogP contribution >= 0.6 is 0 Å². The summed E-state index contributed by atoms with van der Waals surface area (Å²) < 4.78 is 44.6. The van der Waals surface area contributed by atoms with Crippen molar-refractivity contribution in [2.75, 3.05) is 19.6 Å². The predicted molar refractivity (Wildman–Crippen MR) is 109 cm³/mol. The standard InChI is InChI=1S/C22H33F3N2O3/c1-20(2,3)30-19(28)26-11-9-18(10-12-26)27(15-21(4,5)29)14-16-7-6-8-17(13-16)22(23,24)25/h6-8,13,18,29H,9-12,14-15H2,1-5H3. The van der Waals surface area contributed by atoms with E-state index in [1.807, 2.05) is 25.7 Å². The van der Waals surface area contributed by atoms with Gasteiger partial charge in [-0.05, 0) is 59.1 Å². The number of ether oxygens (including phenoxy) is 1. The number of halogens is 3. The molecule has 1 aliphatic heterocycles. The van der Waals surface area contributed by atoms with Gasteiger partial charge in [-0.25, -0.2) is 4.79 Å². The third kappa shape index (κ3) is 7.80. The summed E-state index contributed by atoms with van der Waals surface area (Å²) in [6.07, 6.45) is -3.42. The molecule has 1 aromatic carbocycles. The average molecular weight is 431 g/mol. The van der Waals surface area contributed by atoms with E-state index in [0.717, 1.165) is 12.1 Å². The average Bonchev–Trinajstić information content (AvgIpc) is 2.58. The van der Waals surface area contributed by atoms with E-state index in [4.69, 9.17) is 4.74 Å². The largest absolute Gasteiger partial charge is 0.444 e. The number of carbonyl (C=O) groups is 1. The molecule has 0 atom stereocenters. The molecule has 30 heavy (non-hydrogen) atoms. The third-order valence-electron chi connectivity index (χ3n) is 4.86. The van der Waals surface area contributed by atoms with Gasteiger partial charge in [-0.3, -0.25) is 4.90 Å². The van der Waals surface area contributed by atoms with Gasteiger partial charge in [0.15, 0.2) is 0 Å². The molecule has 8 heteroatoms. The first-order valence-corrected chi connectivity index (χ1v) is 10.2. The van der Waals surface area contributed by atoms with Crippen LogP contribution in [0.1, 0.15) is 58.6 Å². The molecule has 5 nitrogen and oxygen atoms in total. The fraction of sp³-hybridized carbons (Fsp3) is 0.682. The van der Waals surface area contributed by atoms with Crippen molar-refractivity contribution >= 4 is 6.09 Å². The van der Waals surface area contributed by atoms with Crippen LogP contribution in [-0.2, 0) is 17.5 Å². The number of benzene rings is 1. The van der Waals surface area contributed by atoms with Crippen LogP contribution in [0.15, 0.2) is 24.3 Å². The third-order valence-corrected chi connectivity index (χ3v) is 4.86. The Bertz CT molecular complexity index is 716. The van der Waals surface area contributed by atoms with Gasteiger partial charge < -0.3 is 14.7 Å². The Kier molecular flexibility index (Phi) is 7.45. The normalized spacial score (nSPS) is 16.8. The van der Waals surface area contributed by atoms with Gasteiger partial charge in [0.1, 0.15) is 5.60 Å². The minimum absolute atomic E-state index is 0.0460. The van der Waals surface area contributed by atoms with Gasteiger partial charge in [0.05, 0.1) is 11.2 Å². The molecule has 0 aromatic heterocycles. The molecule has 1 heterocycles.